The molecule has 0 spiro atoms. The van der Waals surface area contributed by atoms with Crippen molar-refractivity contribution >= 4 is 5.69 Å². The van der Waals surface area contributed by atoms with Crippen molar-refractivity contribution in [3.8, 4) is 5.75 Å². The zero-order valence-corrected chi connectivity index (χ0v) is 11.4. The van der Waals surface area contributed by atoms with Gasteiger partial charge in [0.25, 0.3) is 0 Å². The van der Waals surface area contributed by atoms with Gasteiger partial charge >= 0.3 is 0 Å². The van der Waals surface area contributed by atoms with Crippen LogP contribution in [-0.2, 0) is 0 Å². The highest BCUT2D eigenvalue weighted by molar-refractivity contribution is 5.51. The van der Waals surface area contributed by atoms with Gasteiger partial charge in [-0.15, -0.1) is 0 Å². The Hall–Kier alpha value is -1.26. The van der Waals surface area contributed by atoms with Crippen molar-refractivity contribution in [2.24, 2.45) is 0 Å². The molecule has 2 rings (SSSR count). The molecule has 1 aliphatic rings. The van der Waals surface area contributed by atoms with Gasteiger partial charge in [0.15, 0.2) is 0 Å². The third kappa shape index (κ3) is 4.11. The highest BCUT2D eigenvalue weighted by Crippen LogP contribution is 2.20. The molecule has 1 atom stereocenters. The van der Waals surface area contributed by atoms with Crippen LogP contribution < -0.4 is 10.5 Å². The SMILES string of the molecule is Nc1ccccc1OCCCN1CCCCC1CO. The van der Waals surface area contributed by atoms with E-state index in [4.69, 9.17) is 10.5 Å². The molecular formula is C15H24N2O2. The normalized spacial score (nSPS) is 20.4. The number of rotatable bonds is 6. The zero-order chi connectivity index (χ0) is 13.5. The van der Waals surface area contributed by atoms with Crippen molar-refractivity contribution in [2.45, 2.75) is 31.7 Å². The summed E-state index contributed by atoms with van der Waals surface area (Å²) in [5.74, 6) is 0.764. The number of hydrogen-bond donors (Lipinski definition) is 2. The lowest BCUT2D eigenvalue weighted by Crippen LogP contribution is -2.42. The van der Waals surface area contributed by atoms with E-state index >= 15 is 0 Å². The fourth-order valence-electron chi connectivity index (χ4n) is 2.62. The van der Waals surface area contributed by atoms with Crippen LogP contribution in [0.15, 0.2) is 24.3 Å². The number of nitrogens with zero attached hydrogens (tertiary/aromatic N) is 1. The van der Waals surface area contributed by atoms with Gasteiger partial charge in [-0.25, -0.2) is 0 Å². The summed E-state index contributed by atoms with van der Waals surface area (Å²) in [4.78, 5) is 2.38. The molecule has 0 bridgehead atoms. The Morgan fingerprint density at radius 2 is 2.16 bits per heavy atom. The van der Waals surface area contributed by atoms with Crippen molar-refractivity contribution in [2.75, 3.05) is 32.0 Å². The van der Waals surface area contributed by atoms with Crippen LogP contribution in [0.3, 0.4) is 0 Å². The number of ether oxygens (including phenoxy) is 1. The minimum Gasteiger partial charge on any atom is -0.491 e. The molecule has 0 aliphatic carbocycles. The van der Waals surface area contributed by atoms with E-state index < -0.39 is 0 Å². The maximum absolute atomic E-state index is 9.34. The van der Waals surface area contributed by atoms with E-state index in [1.807, 2.05) is 24.3 Å². The van der Waals surface area contributed by atoms with Gasteiger partial charge in [0.1, 0.15) is 5.75 Å². The van der Waals surface area contributed by atoms with Crippen LogP contribution in [0.4, 0.5) is 5.69 Å². The largest absolute Gasteiger partial charge is 0.491 e. The molecule has 1 unspecified atom stereocenters. The van der Waals surface area contributed by atoms with Gasteiger partial charge in [-0.3, -0.25) is 4.90 Å². The van der Waals surface area contributed by atoms with Crippen LogP contribution in [0, 0.1) is 0 Å². The van der Waals surface area contributed by atoms with Gasteiger partial charge in [-0.2, -0.15) is 0 Å². The zero-order valence-electron chi connectivity index (χ0n) is 11.4. The third-order valence-electron chi connectivity index (χ3n) is 3.73. The summed E-state index contributed by atoms with van der Waals surface area (Å²) in [5, 5.41) is 9.34. The molecule has 19 heavy (non-hydrogen) atoms. The van der Waals surface area contributed by atoms with Crippen LogP contribution >= 0.6 is 0 Å². The number of hydrogen-bond acceptors (Lipinski definition) is 4. The predicted octanol–water partition coefficient (Wildman–Crippen LogP) is 1.88. The van der Waals surface area contributed by atoms with Crippen molar-refractivity contribution in [1.82, 2.24) is 4.90 Å². The van der Waals surface area contributed by atoms with E-state index in [9.17, 15) is 5.11 Å². The van der Waals surface area contributed by atoms with Crippen molar-refractivity contribution in [3.05, 3.63) is 24.3 Å². The van der Waals surface area contributed by atoms with Crippen molar-refractivity contribution < 1.29 is 9.84 Å². The Labute approximate surface area is 115 Å². The van der Waals surface area contributed by atoms with Crippen LogP contribution in [0.25, 0.3) is 0 Å². The summed E-state index contributed by atoms with van der Waals surface area (Å²) >= 11 is 0. The van der Waals surface area contributed by atoms with Gasteiger partial charge in [0, 0.05) is 12.6 Å². The van der Waals surface area contributed by atoms with Gasteiger partial charge < -0.3 is 15.6 Å². The minimum atomic E-state index is 0.270. The Balaban J connectivity index is 1.70. The summed E-state index contributed by atoms with van der Waals surface area (Å²) < 4.78 is 5.68. The molecular weight excluding hydrogens is 240 g/mol. The fourth-order valence-corrected chi connectivity index (χ4v) is 2.62. The van der Waals surface area contributed by atoms with Gasteiger partial charge in [0.05, 0.1) is 18.9 Å². The number of piperidine rings is 1. The number of aliphatic hydroxyl groups is 1. The quantitative estimate of drug-likeness (QED) is 0.608. The molecule has 1 aromatic rings. The molecule has 1 fully saturated rings. The first-order valence-electron chi connectivity index (χ1n) is 7.13. The van der Waals surface area contributed by atoms with Crippen LogP contribution in [0.1, 0.15) is 25.7 Å². The van der Waals surface area contributed by atoms with E-state index in [0.29, 0.717) is 18.3 Å². The highest BCUT2D eigenvalue weighted by atomic mass is 16.5. The molecule has 0 saturated carbocycles. The molecule has 3 N–H and O–H groups in total. The third-order valence-corrected chi connectivity index (χ3v) is 3.73. The Bertz CT molecular complexity index is 384. The maximum Gasteiger partial charge on any atom is 0.142 e. The van der Waals surface area contributed by atoms with Crippen LogP contribution in [0.5, 0.6) is 5.75 Å². The number of anilines is 1. The number of nitrogen functional groups attached to an aromatic ring is 1. The molecule has 4 heteroatoms. The molecule has 0 aromatic heterocycles. The maximum atomic E-state index is 9.34. The second-order valence-electron chi connectivity index (χ2n) is 5.11. The average Bonchev–Trinajstić information content (AvgIpc) is 2.45. The van der Waals surface area contributed by atoms with Crippen molar-refractivity contribution in [1.29, 1.82) is 0 Å². The minimum absolute atomic E-state index is 0.270. The van der Waals surface area contributed by atoms with Crippen LogP contribution in [-0.4, -0.2) is 42.4 Å². The number of para-hydroxylation sites is 2. The van der Waals surface area contributed by atoms with Crippen LogP contribution in [0.2, 0.25) is 0 Å². The summed E-state index contributed by atoms with van der Waals surface area (Å²) in [5.41, 5.74) is 6.51. The average molecular weight is 264 g/mol. The lowest BCUT2D eigenvalue weighted by Gasteiger charge is -2.34. The lowest BCUT2D eigenvalue weighted by molar-refractivity contribution is 0.0852. The van der Waals surface area contributed by atoms with E-state index in [0.717, 1.165) is 31.7 Å². The molecule has 1 aliphatic heterocycles. The summed E-state index contributed by atoms with van der Waals surface area (Å²) in [6.07, 6.45) is 4.55. The standard InChI is InChI=1S/C15H24N2O2/c16-14-7-1-2-8-15(14)19-11-5-10-17-9-4-3-6-13(17)12-18/h1-2,7-8,13,18H,3-6,9-12,16H2. The van der Waals surface area contributed by atoms with Gasteiger partial charge in [0.2, 0.25) is 0 Å². The monoisotopic (exact) mass is 264 g/mol. The van der Waals surface area contributed by atoms with E-state index in [1.165, 1.54) is 12.8 Å². The molecule has 106 valence electrons. The summed E-state index contributed by atoms with van der Waals surface area (Å²) in [6.45, 7) is 3.02. The van der Waals surface area contributed by atoms with Gasteiger partial charge in [-0.05, 0) is 37.9 Å². The second kappa shape index (κ2) is 7.36. The second-order valence-corrected chi connectivity index (χ2v) is 5.11. The Morgan fingerprint density at radius 1 is 1.32 bits per heavy atom. The first kappa shape index (κ1) is 14.2. The summed E-state index contributed by atoms with van der Waals surface area (Å²) in [7, 11) is 0. The van der Waals surface area contributed by atoms with E-state index in [1.54, 1.807) is 0 Å². The molecule has 1 heterocycles. The first-order valence-corrected chi connectivity index (χ1v) is 7.13. The topological polar surface area (TPSA) is 58.7 Å². The number of aliphatic hydroxyl groups excluding tert-OH is 1. The predicted molar refractivity (Wildman–Crippen MR) is 77.3 cm³/mol. The fraction of sp³-hybridized carbons (Fsp3) is 0.600. The number of benzene rings is 1. The highest BCUT2D eigenvalue weighted by Gasteiger charge is 2.20. The molecule has 1 saturated heterocycles. The van der Waals surface area contributed by atoms with Gasteiger partial charge in [-0.1, -0.05) is 18.6 Å². The first-order chi connectivity index (χ1) is 9.31. The Morgan fingerprint density at radius 3 is 2.95 bits per heavy atom. The molecule has 0 radical (unpaired) electrons. The number of likely N-dealkylation sites (tertiary alicyclic amines) is 1. The lowest BCUT2D eigenvalue weighted by atomic mass is 10.0. The van der Waals surface area contributed by atoms with Crippen molar-refractivity contribution in [3.63, 3.8) is 0 Å². The smallest absolute Gasteiger partial charge is 0.142 e. The Kier molecular flexibility index (Phi) is 5.48. The number of nitrogens with two attached hydrogens (primary N) is 1. The molecule has 4 nitrogen and oxygen atoms in total. The van der Waals surface area contributed by atoms with E-state index in [-0.39, 0.29) is 6.61 Å². The molecule has 0 amide bonds. The summed E-state index contributed by atoms with van der Waals surface area (Å²) in [6, 6.07) is 7.92. The molecule has 1 aromatic carbocycles. The van der Waals surface area contributed by atoms with E-state index in [2.05, 4.69) is 4.90 Å².